The third kappa shape index (κ3) is 3.23. The number of likely N-dealkylation sites (N-methyl/N-ethyl adjacent to an activating group) is 1. The van der Waals surface area contributed by atoms with Crippen LogP contribution < -0.4 is 5.01 Å². The summed E-state index contributed by atoms with van der Waals surface area (Å²) >= 11 is 0. The highest BCUT2D eigenvalue weighted by atomic mass is 15.6. The molecule has 2 aromatic carbocycles. The van der Waals surface area contributed by atoms with Gasteiger partial charge >= 0.3 is 0 Å². The zero-order valence-corrected chi connectivity index (χ0v) is 16.3. The molecule has 0 bridgehead atoms. The van der Waals surface area contributed by atoms with Crippen molar-refractivity contribution < 1.29 is 0 Å². The average molecular weight is 335 g/mol. The molecule has 0 fully saturated rings. The molecule has 0 spiro atoms. The Morgan fingerprint density at radius 1 is 0.840 bits per heavy atom. The quantitative estimate of drug-likeness (QED) is 0.660. The first-order valence-electron chi connectivity index (χ1n) is 9.30. The Hall–Kier alpha value is -2.06. The topological polar surface area (TPSA) is 6.48 Å². The van der Waals surface area contributed by atoms with Crippen LogP contribution in [0.3, 0.4) is 0 Å². The van der Waals surface area contributed by atoms with Gasteiger partial charge in [-0.15, -0.1) is 0 Å². The maximum absolute atomic E-state index is 2.36. The Balaban J connectivity index is 2.05. The number of nitrogens with zero attached hydrogens (tertiary/aromatic N) is 2. The van der Waals surface area contributed by atoms with Crippen LogP contribution in [-0.4, -0.2) is 12.1 Å². The van der Waals surface area contributed by atoms with Gasteiger partial charge in [0, 0.05) is 13.2 Å². The molecule has 1 aliphatic heterocycles. The van der Waals surface area contributed by atoms with Crippen LogP contribution in [0.4, 0.5) is 5.69 Å². The summed E-state index contributed by atoms with van der Waals surface area (Å²) in [5, 5.41) is 4.64. The van der Waals surface area contributed by atoms with Crippen LogP contribution >= 0.6 is 0 Å². The molecule has 0 aliphatic carbocycles. The van der Waals surface area contributed by atoms with Crippen LogP contribution in [0.2, 0.25) is 0 Å². The van der Waals surface area contributed by atoms with E-state index < -0.39 is 0 Å². The number of hydrazine groups is 1. The first-order valence-corrected chi connectivity index (χ1v) is 9.30. The molecule has 3 rings (SSSR count). The number of hydrogen-bond donors (Lipinski definition) is 0. The summed E-state index contributed by atoms with van der Waals surface area (Å²) in [6, 6.07) is 15.7. The van der Waals surface area contributed by atoms with E-state index in [-0.39, 0.29) is 6.04 Å². The summed E-state index contributed by atoms with van der Waals surface area (Å²) in [5.41, 5.74) is 6.93. The molecule has 132 valence electrons. The van der Waals surface area contributed by atoms with Gasteiger partial charge < -0.3 is 0 Å². The van der Waals surface area contributed by atoms with E-state index in [4.69, 9.17) is 0 Å². The van der Waals surface area contributed by atoms with Gasteiger partial charge in [0.15, 0.2) is 0 Å². The molecule has 0 aromatic heterocycles. The van der Waals surface area contributed by atoms with Crippen LogP contribution in [0.25, 0.3) is 0 Å². The highest BCUT2D eigenvalue weighted by Crippen LogP contribution is 2.40. The van der Waals surface area contributed by atoms with Crippen molar-refractivity contribution in [3.8, 4) is 0 Å². The maximum Gasteiger partial charge on any atom is 0.0747 e. The molecule has 0 radical (unpaired) electrons. The lowest BCUT2D eigenvalue weighted by Crippen LogP contribution is -2.34. The minimum atomic E-state index is 0.274. The van der Waals surface area contributed by atoms with E-state index in [0.717, 1.165) is 0 Å². The largest absolute Gasteiger partial charge is 0.281 e. The number of anilines is 1. The second-order valence-electron chi connectivity index (χ2n) is 7.65. The molecule has 1 unspecified atom stereocenters. The van der Waals surface area contributed by atoms with Crippen molar-refractivity contribution in [1.29, 1.82) is 0 Å². The summed E-state index contributed by atoms with van der Waals surface area (Å²) in [4.78, 5) is 0. The van der Waals surface area contributed by atoms with E-state index in [9.17, 15) is 0 Å². The average Bonchev–Trinajstić information content (AvgIpc) is 2.95. The van der Waals surface area contributed by atoms with Gasteiger partial charge in [0.1, 0.15) is 0 Å². The predicted molar refractivity (Wildman–Crippen MR) is 108 cm³/mol. The first kappa shape index (κ1) is 17.8. The van der Waals surface area contributed by atoms with Gasteiger partial charge in [-0.05, 0) is 53.2 Å². The van der Waals surface area contributed by atoms with E-state index in [1.807, 2.05) is 0 Å². The third-order valence-corrected chi connectivity index (χ3v) is 5.23. The second kappa shape index (κ2) is 7.05. The SMILES string of the molecule is Cc1ccccc1N1C=CC(c2c(C(C)C)cccc2C(C)C)N1C. The molecule has 0 amide bonds. The molecule has 2 aromatic rings. The zero-order valence-electron chi connectivity index (χ0n) is 16.3. The lowest BCUT2D eigenvalue weighted by molar-refractivity contribution is 0.307. The van der Waals surface area contributed by atoms with Gasteiger partial charge in [-0.3, -0.25) is 5.01 Å². The molecule has 0 saturated carbocycles. The smallest absolute Gasteiger partial charge is 0.0747 e. The van der Waals surface area contributed by atoms with Crippen molar-refractivity contribution in [3.05, 3.63) is 77.0 Å². The maximum atomic E-state index is 2.36. The van der Waals surface area contributed by atoms with Gasteiger partial charge in [0.2, 0.25) is 0 Å². The normalized spacial score (nSPS) is 17.9. The lowest BCUT2D eigenvalue weighted by atomic mass is 9.85. The van der Waals surface area contributed by atoms with E-state index in [0.29, 0.717) is 11.8 Å². The molecule has 1 aliphatic rings. The van der Waals surface area contributed by atoms with E-state index in [2.05, 4.69) is 106 Å². The first-order chi connectivity index (χ1) is 11.9. The lowest BCUT2D eigenvalue weighted by Gasteiger charge is -2.34. The molecule has 0 N–H and O–H groups in total. The van der Waals surface area contributed by atoms with Crippen molar-refractivity contribution in [2.75, 3.05) is 12.1 Å². The van der Waals surface area contributed by atoms with Crippen molar-refractivity contribution >= 4 is 5.69 Å². The number of benzene rings is 2. The van der Waals surface area contributed by atoms with Crippen molar-refractivity contribution in [1.82, 2.24) is 5.01 Å². The Kier molecular flexibility index (Phi) is 5.01. The fourth-order valence-corrected chi connectivity index (χ4v) is 3.83. The number of rotatable bonds is 4. The number of para-hydroxylation sites is 1. The summed E-state index contributed by atoms with van der Waals surface area (Å²) in [5.74, 6) is 1.03. The summed E-state index contributed by atoms with van der Waals surface area (Å²) in [7, 11) is 2.19. The molecule has 2 nitrogen and oxygen atoms in total. The van der Waals surface area contributed by atoms with Crippen LogP contribution in [0.1, 0.15) is 67.8 Å². The highest BCUT2D eigenvalue weighted by molar-refractivity contribution is 5.57. The molecular formula is C23H30N2. The fraction of sp³-hybridized carbons (Fsp3) is 0.391. The van der Waals surface area contributed by atoms with Crippen LogP contribution in [0.15, 0.2) is 54.7 Å². The van der Waals surface area contributed by atoms with E-state index in [1.54, 1.807) is 0 Å². The Labute approximate surface area is 152 Å². The van der Waals surface area contributed by atoms with Crippen molar-refractivity contribution in [3.63, 3.8) is 0 Å². The minimum absolute atomic E-state index is 0.274. The van der Waals surface area contributed by atoms with Crippen LogP contribution in [0.5, 0.6) is 0 Å². The monoisotopic (exact) mass is 334 g/mol. The highest BCUT2D eigenvalue weighted by Gasteiger charge is 2.30. The summed E-state index contributed by atoms with van der Waals surface area (Å²) in [6.07, 6.45) is 4.55. The summed E-state index contributed by atoms with van der Waals surface area (Å²) in [6.45, 7) is 11.3. The Morgan fingerprint density at radius 3 is 2.00 bits per heavy atom. The van der Waals surface area contributed by atoms with Gasteiger partial charge in [0.05, 0.1) is 11.7 Å². The molecule has 25 heavy (non-hydrogen) atoms. The van der Waals surface area contributed by atoms with Crippen LogP contribution in [-0.2, 0) is 0 Å². The van der Waals surface area contributed by atoms with Crippen molar-refractivity contribution in [2.24, 2.45) is 0 Å². The minimum Gasteiger partial charge on any atom is -0.281 e. The van der Waals surface area contributed by atoms with E-state index >= 15 is 0 Å². The molecule has 2 heteroatoms. The number of aryl methyl sites for hydroxylation is 1. The van der Waals surface area contributed by atoms with Crippen LogP contribution in [0, 0.1) is 6.92 Å². The van der Waals surface area contributed by atoms with E-state index in [1.165, 1.54) is 27.9 Å². The molecule has 0 saturated heterocycles. The predicted octanol–water partition coefficient (Wildman–Crippen LogP) is 6.16. The zero-order chi connectivity index (χ0) is 18.1. The fourth-order valence-electron chi connectivity index (χ4n) is 3.83. The second-order valence-corrected chi connectivity index (χ2v) is 7.65. The summed E-state index contributed by atoms with van der Waals surface area (Å²) < 4.78 is 0. The standard InChI is InChI=1S/C23H30N2/c1-16(2)19-11-9-12-20(17(3)4)23(19)22-14-15-25(24(22)6)21-13-8-7-10-18(21)5/h7-17,22H,1-6H3. The Morgan fingerprint density at radius 2 is 1.44 bits per heavy atom. The molecular weight excluding hydrogens is 304 g/mol. The van der Waals surface area contributed by atoms with Crippen molar-refractivity contribution in [2.45, 2.75) is 52.5 Å². The van der Waals surface area contributed by atoms with Gasteiger partial charge in [0.25, 0.3) is 0 Å². The Bertz CT molecular complexity index is 747. The van der Waals surface area contributed by atoms with Gasteiger partial charge in [-0.2, -0.15) is 0 Å². The third-order valence-electron chi connectivity index (χ3n) is 5.23. The molecule has 1 heterocycles. The van der Waals surface area contributed by atoms with Gasteiger partial charge in [-0.25, -0.2) is 5.01 Å². The number of hydrogen-bond acceptors (Lipinski definition) is 2. The van der Waals surface area contributed by atoms with Gasteiger partial charge in [-0.1, -0.05) is 64.1 Å². The molecule has 1 atom stereocenters.